The van der Waals surface area contributed by atoms with Gasteiger partial charge in [-0.25, -0.2) is 29.9 Å². The van der Waals surface area contributed by atoms with Gasteiger partial charge in [-0.2, -0.15) is 9.55 Å². The molecule has 0 saturated carbocycles. The average molecular weight is 2080 g/mol. The van der Waals surface area contributed by atoms with E-state index in [-0.39, 0.29) is 115 Å². The maximum atomic E-state index is 12.2. The number of thiazole rings is 3. The SMILES string of the molecule is Oc1ccc2ccccc2c1-c1nc2ccccc2s1.Oc1ccc2ccccc2c1-c1nc2ccccc2s1.Oc1ccccc1-c1ccccn1.Oc1ccccc1-c1nc2ccccc2o1.Oc1ccccc1-c1nc2ccccc2o1.Oc1ccccc1-c1nc2ccccc2s1.[Be+2].[O-]c1ccccc1-c1[nH+]c2ccccc2n1-c1ccccc1.[O-]c1ccccc1-c1[nH+]c2ccccc2o1.[Zn].[Zn].[Zn]. The number of H-pyrrole nitrogens is 2. The van der Waals surface area contributed by atoms with Crippen molar-refractivity contribution in [3.05, 3.63) is 443 Å². The Kier molecular flexibility index (Phi) is 33.6. The van der Waals surface area contributed by atoms with Crippen LogP contribution in [0, 0.1) is 0 Å². The average Bonchev–Trinajstić information content (AvgIpc) is 1.63. The van der Waals surface area contributed by atoms with Crippen molar-refractivity contribution in [3.63, 3.8) is 0 Å². The Morgan fingerprint density at radius 3 is 1.10 bits per heavy atom. The summed E-state index contributed by atoms with van der Waals surface area (Å²) >= 11 is 4.81. The first-order valence-corrected chi connectivity index (χ1v) is 46.5. The number of rotatable bonds is 9. The Labute approximate surface area is 873 Å². The first-order chi connectivity index (χ1) is 68.2. The van der Waals surface area contributed by atoms with Gasteiger partial charge in [-0.3, -0.25) is 4.98 Å². The van der Waals surface area contributed by atoms with Crippen LogP contribution in [0.4, 0.5) is 0 Å². The number of imidazole rings is 1. The normalized spacial score (nSPS) is 10.5. The number of pyridine rings is 1. The minimum Gasteiger partial charge on any atom is -0.872 e. The van der Waals surface area contributed by atoms with E-state index in [0.717, 1.165) is 151 Å². The fourth-order valence-electron chi connectivity index (χ4n) is 15.5. The van der Waals surface area contributed by atoms with Crippen molar-refractivity contribution >= 4 is 141 Å². The van der Waals surface area contributed by atoms with E-state index in [9.17, 15) is 40.9 Å². The molecule has 8 heterocycles. The van der Waals surface area contributed by atoms with Crippen LogP contribution in [0.25, 0.3) is 191 Å². The van der Waals surface area contributed by atoms with Crippen LogP contribution in [-0.2, 0) is 58.4 Å². The summed E-state index contributed by atoms with van der Waals surface area (Å²) in [4.78, 5) is 33.1. The van der Waals surface area contributed by atoms with Crippen molar-refractivity contribution in [1.82, 2.24) is 34.5 Å². The number of aromatic nitrogens is 9. The van der Waals surface area contributed by atoms with Gasteiger partial charge in [0.1, 0.15) is 66.2 Å². The van der Waals surface area contributed by atoms with Crippen LogP contribution >= 0.6 is 34.0 Å². The molecular weight excluding hydrogens is 2000 g/mol. The third-order valence-electron chi connectivity index (χ3n) is 22.2. The molecule has 8 aromatic heterocycles. The molecule has 0 amide bonds. The van der Waals surface area contributed by atoms with Gasteiger partial charge >= 0.3 is 16.0 Å². The van der Waals surface area contributed by atoms with E-state index in [1.165, 1.54) is 6.07 Å². The van der Waals surface area contributed by atoms with Crippen molar-refractivity contribution in [1.29, 1.82) is 0 Å². The predicted octanol–water partition coefficient (Wildman–Crippen LogP) is 27.0. The predicted molar refractivity (Wildman–Crippen MR) is 557 cm³/mol. The molecule has 8 N–H and O–H groups in total. The molecule has 680 valence electrons. The summed E-state index contributed by atoms with van der Waals surface area (Å²) in [7, 11) is 0. The molecule has 20 nitrogen and oxygen atoms in total. The molecule has 0 spiro atoms. The van der Waals surface area contributed by atoms with Crippen molar-refractivity contribution < 1.29 is 123 Å². The number of hydrogen-bond acceptors (Lipinski definition) is 20. The number of nitrogens with one attached hydrogen (secondary N) is 2. The third kappa shape index (κ3) is 23.4. The number of fused-ring (bicyclic) bond motifs is 9. The summed E-state index contributed by atoms with van der Waals surface area (Å²) in [5.41, 5.74) is 17.1. The van der Waals surface area contributed by atoms with Gasteiger partial charge in [-0.15, -0.1) is 34.0 Å². The molecule has 0 aliphatic heterocycles. The molecule has 0 fully saturated rings. The maximum absolute atomic E-state index is 12.2. The number of benzene rings is 18. The number of para-hydroxylation sites is 18. The summed E-state index contributed by atoms with van der Waals surface area (Å²) in [5, 5.41) is 89.9. The van der Waals surface area contributed by atoms with Crippen LogP contribution in [0.5, 0.6) is 46.0 Å². The smallest absolute Gasteiger partial charge is 0.872 e. The fourth-order valence-corrected chi connectivity index (χ4v) is 18.6. The quantitative estimate of drug-likeness (QED) is 0.0731. The van der Waals surface area contributed by atoms with Crippen LogP contribution in [0.1, 0.15) is 0 Å². The van der Waals surface area contributed by atoms with Crippen LogP contribution in [0.15, 0.2) is 456 Å². The zero-order chi connectivity index (χ0) is 94.9. The van der Waals surface area contributed by atoms with Gasteiger partial charge in [0.15, 0.2) is 22.2 Å². The van der Waals surface area contributed by atoms with Crippen molar-refractivity contribution in [2.75, 3.05) is 0 Å². The van der Waals surface area contributed by atoms with E-state index in [0.29, 0.717) is 39.9 Å². The van der Waals surface area contributed by atoms with Gasteiger partial charge in [0, 0.05) is 76.3 Å². The van der Waals surface area contributed by atoms with Gasteiger partial charge in [0.25, 0.3) is 5.82 Å². The molecule has 0 bridgehead atoms. The number of hydrogen-bond donors (Lipinski definition) is 6. The Balaban J connectivity index is 0.000000123. The number of aromatic amines is 2. The third-order valence-corrected chi connectivity index (χ3v) is 25.4. The molecule has 0 atom stereocenters. The van der Waals surface area contributed by atoms with E-state index in [4.69, 9.17) is 13.3 Å². The minimum atomic E-state index is -0.0437. The Morgan fingerprint density at radius 2 is 0.643 bits per heavy atom. The molecule has 0 unspecified atom stereocenters. The van der Waals surface area contributed by atoms with Crippen LogP contribution in [0.3, 0.4) is 0 Å². The molecule has 27 heteroatoms. The maximum Gasteiger partial charge on any atom is 2.00 e. The van der Waals surface area contributed by atoms with Crippen molar-refractivity contribution in [2.24, 2.45) is 0 Å². The summed E-state index contributed by atoms with van der Waals surface area (Å²) in [6, 6.07) is 136. The zero-order valence-corrected chi connectivity index (χ0v) is 87.9. The Morgan fingerprint density at radius 1 is 0.273 bits per heavy atom. The molecule has 0 aliphatic carbocycles. The first kappa shape index (κ1) is 101. The number of oxazole rings is 3. The molecule has 26 rings (SSSR count). The number of phenols is 6. The Bertz CT molecular complexity index is 7990. The number of aromatic hydroxyl groups is 6. The van der Waals surface area contributed by atoms with Gasteiger partial charge in [-0.1, -0.05) is 266 Å². The monoisotopic (exact) mass is 2070 g/mol. The minimum absolute atomic E-state index is 0. The summed E-state index contributed by atoms with van der Waals surface area (Å²) in [6.45, 7) is 0. The van der Waals surface area contributed by atoms with Crippen molar-refractivity contribution in [2.45, 2.75) is 0 Å². The molecule has 0 radical (unpaired) electrons. The molecule has 143 heavy (non-hydrogen) atoms. The summed E-state index contributed by atoms with van der Waals surface area (Å²) < 4.78 is 22.2. The molecule has 0 saturated heterocycles. The van der Waals surface area contributed by atoms with Crippen LogP contribution < -0.4 is 20.2 Å². The second-order valence-electron chi connectivity index (χ2n) is 31.3. The number of phenolic OH excluding ortho intramolecular Hbond substituents is 6. The van der Waals surface area contributed by atoms with E-state index in [1.807, 2.05) is 322 Å². The van der Waals surface area contributed by atoms with Crippen molar-refractivity contribution in [3.8, 4) is 140 Å². The number of nitrogens with zero attached hydrogens (tertiary/aromatic N) is 7. The topological polar surface area (TPSA) is 317 Å². The molecule has 0 aliphatic rings. The Hall–Kier alpha value is -16.4. The second kappa shape index (κ2) is 47.5. The van der Waals surface area contributed by atoms with Crippen LogP contribution in [-0.4, -0.2) is 75.2 Å². The van der Waals surface area contributed by atoms with Gasteiger partial charge in [0.05, 0.1) is 75.3 Å². The van der Waals surface area contributed by atoms with Gasteiger partial charge in [0.2, 0.25) is 22.9 Å². The van der Waals surface area contributed by atoms with E-state index in [1.54, 1.807) is 131 Å². The second-order valence-corrected chi connectivity index (χ2v) is 34.4. The van der Waals surface area contributed by atoms with E-state index in [2.05, 4.69) is 62.6 Å². The first-order valence-electron chi connectivity index (χ1n) is 44.0. The fraction of sp³-hybridized carbons (Fsp3) is 0. The molecule has 18 aromatic carbocycles. The summed E-state index contributed by atoms with van der Waals surface area (Å²) in [5.74, 6) is 3.62. The molecular formula is C116H81BeN9O11S3Zn3+2. The van der Waals surface area contributed by atoms with Gasteiger partial charge in [-0.05, 0) is 197 Å². The molecule has 26 aromatic rings. The largest absolute Gasteiger partial charge is 2.00 e. The van der Waals surface area contributed by atoms with Gasteiger partial charge < -0.3 is 54.1 Å². The van der Waals surface area contributed by atoms with Crippen LogP contribution in [0.2, 0.25) is 0 Å². The van der Waals surface area contributed by atoms with E-state index < -0.39 is 0 Å². The summed E-state index contributed by atoms with van der Waals surface area (Å²) in [6.07, 6.45) is 1.71. The van der Waals surface area contributed by atoms with E-state index >= 15 is 0 Å². The zero-order valence-electron chi connectivity index (χ0n) is 76.6. The standard InChI is InChI=1S/C19H14N2O.2C17H11NOS.3C13H9NO2.C13H9NOS.C11H9NO.Be.3Zn/c22-18-13-7-4-10-15(18)19-20-16-11-5-6-12-17(16)21(19)14-8-2-1-3-9-14;2*19-14-10-9-11-5-1-2-6-12(11)16(14)17-18-13-7-3-4-8-15(13)20-17;4*15-11-7-3-1-5-9(11)13-14-10-6-2-4-8-12(10)16-13;13-11-7-2-1-5-9(11)10-6-3-4-8-12-10;;;;/h1-13,22H;2*1-10,19H;4*1-8,15H;1-8,13H;;;;/q;;;;;;;;+2;;;.